The quantitative estimate of drug-likeness (QED) is 0.829. The third-order valence-electron chi connectivity index (χ3n) is 3.10. The molecule has 0 amide bonds. The maximum absolute atomic E-state index is 12.9. The van der Waals surface area contributed by atoms with Gasteiger partial charge in [0.1, 0.15) is 0 Å². The van der Waals surface area contributed by atoms with Gasteiger partial charge in [-0.25, -0.2) is 0 Å². The van der Waals surface area contributed by atoms with Gasteiger partial charge in [-0.05, 0) is 49.5 Å². The Hall–Kier alpha value is -0.550. The number of hydrogen-bond donors (Lipinski definition) is 1. The summed E-state index contributed by atoms with van der Waals surface area (Å²) in [6, 6.07) is 4.47. The molecule has 0 atom stereocenters. The largest absolute Gasteiger partial charge is 0.416 e. The second-order valence-corrected chi connectivity index (χ2v) is 5.17. The molecular weight excluding hydrogens is 295 g/mol. The van der Waals surface area contributed by atoms with Crippen LogP contribution < -0.4 is 5.32 Å². The van der Waals surface area contributed by atoms with Crippen LogP contribution in [-0.4, -0.2) is 13.1 Å². The average molecular weight is 308 g/mol. The van der Waals surface area contributed by atoms with Crippen molar-refractivity contribution in [2.45, 2.75) is 24.9 Å². The molecule has 2 rings (SSSR count). The summed E-state index contributed by atoms with van der Waals surface area (Å²) in [6.45, 7) is 1.58. The van der Waals surface area contributed by atoms with Crippen LogP contribution >= 0.6 is 15.9 Å². The molecule has 17 heavy (non-hydrogen) atoms. The van der Waals surface area contributed by atoms with Crippen LogP contribution in [0.5, 0.6) is 0 Å². The number of benzene rings is 1. The third-order valence-corrected chi connectivity index (χ3v) is 3.59. The van der Waals surface area contributed by atoms with Gasteiger partial charge in [0.05, 0.1) is 5.56 Å². The Labute approximate surface area is 107 Å². The van der Waals surface area contributed by atoms with Gasteiger partial charge < -0.3 is 5.32 Å². The van der Waals surface area contributed by atoms with E-state index in [1.807, 2.05) is 0 Å². The molecule has 1 aliphatic heterocycles. The molecule has 0 unspecified atom stereocenters. The third kappa shape index (κ3) is 3.01. The molecule has 1 aliphatic rings. The second kappa shape index (κ2) is 4.98. The lowest BCUT2D eigenvalue weighted by Gasteiger charge is -2.26. The predicted molar refractivity (Wildman–Crippen MR) is 64.0 cm³/mol. The normalized spacial score (nSPS) is 18.4. The summed E-state index contributed by atoms with van der Waals surface area (Å²) < 4.78 is 39.3. The van der Waals surface area contributed by atoms with Gasteiger partial charge in [0.15, 0.2) is 0 Å². The summed E-state index contributed by atoms with van der Waals surface area (Å²) in [7, 11) is 0. The van der Waals surface area contributed by atoms with Gasteiger partial charge in [0.2, 0.25) is 0 Å². The molecule has 1 nitrogen and oxygen atoms in total. The van der Waals surface area contributed by atoms with Crippen LogP contribution in [0.2, 0.25) is 0 Å². The molecule has 1 heterocycles. The summed E-state index contributed by atoms with van der Waals surface area (Å²) in [4.78, 5) is 0. The molecule has 1 saturated heterocycles. The van der Waals surface area contributed by atoms with Gasteiger partial charge in [-0.15, -0.1) is 0 Å². The average Bonchev–Trinajstić information content (AvgIpc) is 2.29. The van der Waals surface area contributed by atoms with E-state index >= 15 is 0 Å². The van der Waals surface area contributed by atoms with Crippen molar-refractivity contribution in [1.82, 2.24) is 5.32 Å². The van der Waals surface area contributed by atoms with E-state index in [9.17, 15) is 13.2 Å². The van der Waals surface area contributed by atoms with E-state index < -0.39 is 11.7 Å². The lowest BCUT2D eigenvalue weighted by molar-refractivity contribution is -0.138. The fraction of sp³-hybridized carbons (Fsp3) is 0.500. The van der Waals surface area contributed by atoms with Crippen molar-refractivity contribution in [2.24, 2.45) is 0 Å². The van der Waals surface area contributed by atoms with Gasteiger partial charge in [-0.2, -0.15) is 13.2 Å². The van der Waals surface area contributed by atoms with Crippen LogP contribution in [0, 0.1) is 0 Å². The molecule has 94 valence electrons. The first-order valence-corrected chi connectivity index (χ1v) is 6.35. The number of alkyl halides is 3. The van der Waals surface area contributed by atoms with E-state index in [0.717, 1.165) is 25.9 Å². The summed E-state index contributed by atoms with van der Waals surface area (Å²) >= 11 is 3.10. The van der Waals surface area contributed by atoms with Crippen molar-refractivity contribution in [1.29, 1.82) is 0 Å². The van der Waals surface area contributed by atoms with E-state index in [-0.39, 0.29) is 5.92 Å². The number of hydrogen-bond acceptors (Lipinski definition) is 1. The number of piperidine rings is 1. The Bertz CT molecular complexity index is 397. The van der Waals surface area contributed by atoms with E-state index in [1.54, 1.807) is 12.1 Å². The minimum absolute atomic E-state index is 0.0148. The maximum atomic E-state index is 12.9. The molecule has 0 spiro atoms. The highest BCUT2D eigenvalue weighted by Gasteiger charge is 2.35. The number of rotatable bonds is 1. The first-order valence-electron chi connectivity index (χ1n) is 5.56. The standard InChI is InChI=1S/C12H13BrF3N/c13-9-1-2-10(8-3-5-17-6-4-8)11(7-9)12(14,15)16/h1-2,7-8,17H,3-6H2. The van der Waals surface area contributed by atoms with Gasteiger partial charge >= 0.3 is 6.18 Å². The zero-order chi connectivity index (χ0) is 12.5. The maximum Gasteiger partial charge on any atom is 0.416 e. The summed E-state index contributed by atoms with van der Waals surface area (Å²) in [6.07, 6.45) is -2.74. The highest BCUT2D eigenvalue weighted by molar-refractivity contribution is 9.10. The van der Waals surface area contributed by atoms with Crippen LogP contribution in [0.1, 0.15) is 29.9 Å². The molecule has 1 aromatic rings. The molecular formula is C12H13BrF3N. The lowest BCUT2D eigenvalue weighted by Crippen LogP contribution is -2.27. The number of halogens is 4. The Morgan fingerprint density at radius 2 is 1.82 bits per heavy atom. The van der Waals surface area contributed by atoms with Gasteiger partial charge in [0, 0.05) is 4.47 Å². The fourth-order valence-corrected chi connectivity index (χ4v) is 2.62. The Balaban J connectivity index is 2.38. The summed E-state index contributed by atoms with van der Waals surface area (Å²) in [5.74, 6) is 0.0148. The number of nitrogens with one attached hydrogen (secondary N) is 1. The minimum Gasteiger partial charge on any atom is -0.317 e. The highest BCUT2D eigenvalue weighted by atomic mass is 79.9. The van der Waals surface area contributed by atoms with Gasteiger partial charge in [-0.3, -0.25) is 0 Å². The van der Waals surface area contributed by atoms with Crippen LogP contribution in [-0.2, 0) is 6.18 Å². The van der Waals surface area contributed by atoms with Crippen molar-refractivity contribution in [3.63, 3.8) is 0 Å². The SMILES string of the molecule is FC(F)(F)c1cc(Br)ccc1C1CCNCC1. The van der Waals surface area contributed by atoms with Crippen molar-refractivity contribution < 1.29 is 13.2 Å². The van der Waals surface area contributed by atoms with E-state index in [0.29, 0.717) is 10.0 Å². The fourth-order valence-electron chi connectivity index (χ4n) is 2.26. The smallest absolute Gasteiger partial charge is 0.317 e. The second-order valence-electron chi connectivity index (χ2n) is 4.25. The molecule has 0 radical (unpaired) electrons. The Kier molecular flexibility index (Phi) is 3.78. The van der Waals surface area contributed by atoms with Crippen LogP contribution in [0.4, 0.5) is 13.2 Å². The van der Waals surface area contributed by atoms with E-state index in [4.69, 9.17) is 0 Å². The van der Waals surface area contributed by atoms with E-state index in [1.165, 1.54) is 6.07 Å². The Morgan fingerprint density at radius 1 is 1.18 bits per heavy atom. The predicted octanol–water partition coefficient (Wildman–Crippen LogP) is 3.93. The molecule has 0 aromatic heterocycles. The monoisotopic (exact) mass is 307 g/mol. The summed E-state index contributed by atoms with van der Waals surface area (Å²) in [5.41, 5.74) is -0.0685. The molecule has 1 aromatic carbocycles. The van der Waals surface area contributed by atoms with Gasteiger partial charge in [0.25, 0.3) is 0 Å². The van der Waals surface area contributed by atoms with Crippen LogP contribution in [0.3, 0.4) is 0 Å². The zero-order valence-corrected chi connectivity index (χ0v) is 10.7. The van der Waals surface area contributed by atoms with Crippen molar-refractivity contribution in [2.75, 3.05) is 13.1 Å². The van der Waals surface area contributed by atoms with Crippen molar-refractivity contribution in [3.05, 3.63) is 33.8 Å². The summed E-state index contributed by atoms with van der Waals surface area (Å²) in [5, 5.41) is 3.16. The zero-order valence-electron chi connectivity index (χ0n) is 9.15. The molecule has 0 bridgehead atoms. The molecule has 0 saturated carbocycles. The van der Waals surface area contributed by atoms with E-state index in [2.05, 4.69) is 21.2 Å². The van der Waals surface area contributed by atoms with Gasteiger partial charge in [-0.1, -0.05) is 22.0 Å². The first kappa shape index (κ1) is 12.9. The Morgan fingerprint density at radius 3 is 2.41 bits per heavy atom. The lowest BCUT2D eigenvalue weighted by atomic mass is 9.87. The van der Waals surface area contributed by atoms with Crippen molar-refractivity contribution in [3.8, 4) is 0 Å². The molecule has 1 fully saturated rings. The molecule has 5 heteroatoms. The minimum atomic E-state index is -4.27. The molecule has 0 aliphatic carbocycles. The molecule has 1 N–H and O–H groups in total. The topological polar surface area (TPSA) is 12.0 Å². The first-order chi connectivity index (χ1) is 7.98. The highest BCUT2D eigenvalue weighted by Crippen LogP contribution is 2.39. The van der Waals surface area contributed by atoms with Crippen LogP contribution in [0.25, 0.3) is 0 Å². The van der Waals surface area contributed by atoms with Crippen molar-refractivity contribution >= 4 is 15.9 Å². The van der Waals surface area contributed by atoms with Crippen LogP contribution in [0.15, 0.2) is 22.7 Å².